The van der Waals surface area contributed by atoms with Gasteiger partial charge in [-0.1, -0.05) is 26.2 Å². The van der Waals surface area contributed by atoms with Crippen LogP contribution in [0.4, 0.5) is 0 Å². The number of hydrogen-bond donors (Lipinski definition) is 1. The van der Waals surface area contributed by atoms with Crippen molar-refractivity contribution in [2.24, 2.45) is 5.92 Å². The minimum absolute atomic E-state index is 0.639. The first-order valence-electron chi connectivity index (χ1n) is 6.34. The fourth-order valence-corrected chi connectivity index (χ4v) is 3.17. The molecule has 1 heterocycles. The molecule has 0 radical (unpaired) electrons. The monoisotopic (exact) mass is 363 g/mol. The molecule has 96 valence electrons. The van der Waals surface area contributed by atoms with Crippen LogP contribution in [0.25, 0.3) is 0 Å². The van der Waals surface area contributed by atoms with E-state index < -0.39 is 0 Å². The van der Waals surface area contributed by atoms with Gasteiger partial charge in [0.1, 0.15) is 5.76 Å². The molecule has 17 heavy (non-hydrogen) atoms. The van der Waals surface area contributed by atoms with Crippen LogP contribution >= 0.6 is 31.9 Å². The highest BCUT2D eigenvalue weighted by Gasteiger charge is 2.19. The standard InChI is InChI=1S/C13H19Br2NO/c1-9-5-3-2-4-6-12(9)16-8-10-7-11(14)13(15)17-10/h7,9,12,16H,2-6,8H2,1H3. The SMILES string of the molecule is CC1CCCCCC1NCc1cc(Br)c(Br)o1. The van der Waals surface area contributed by atoms with E-state index >= 15 is 0 Å². The lowest BCUT2D eigenvalue weighted by Crippen LogP contribution is -2.33. The maximum atomic E-state index is 5.58. The van der Waals surface area contributed by atoms with Crippen LogP contribution in [0.2, 0.25) is 0 Å². The molecule has 2 nitrogen and oxygen atoms in total. The molecule has 0 spiro atoms. The number of nitrogens with one attached hydrogen (secondary N) is 1. The van der Waals surface area contributed by atoms with Crippen LogP contribution in [0.5, 0.6) is 0 Å². The van der Waals surface area contributed by atoms with E-state index in [1.54, 1.807) is 0 Å². The Morgan fingerprint density at radius 2 is 2.06 bits per heavy atom. The highest BCUT2D eigenvalue weighted by Crippen LogP contribution is 2.27. The lowest BCUT2D eigenvalue weighted by atomic mass is 9.97. The summed E-state index contributed by atoms with van der Waals surface area (Å²) in [6.07, 6.45) is 6.78. The quantitative estimate of drug-likeness (QED) is 0.774. The zero-order chi connectivity index (χ0) is 12.3. The summed E-state index contributed by atoms with van der Waals surface area (Å²) < 4.78 is 7.35. The van der Waals surface area contributed by atoms with Gasteiger partial charge in [-0.15, -0.1) is 0 Å². The molecule has 1 N–H and O–H groups in total. The zero-order valence-electron chi connectivity index (χ0n) is 10.1. The van der Waals surface area contributed by atoms with Crippen molar-refractivity contribution < 1.29 is 4.42 Å². The first-order valence-corrected chi connectivity index (χ1v) is 7.92. The van der Waals surface area contributed by atoms with Crippen LogP contribution in [0.15, 0.2) is 19.6 Å². The number of halogens is 2. The summed E-state index contributed by atoms with van der Waals surface area (Å²) in [5.74, 6) is 1.76. The van der Waals surface area contributed by atoms with Gasteiger partial charge in [-0.2, -0.15) is 0 Å². The first-order chi connectivity index (χ1) is 8.16. The van der Waals surface area contributed by atoms with Gasteiger partial charge in [0.25, 0.3) is 0 Å². The Bertz CT molecular complexity index is 345. The van der Waals surface area contributed by atoms with Crippen molar-refractivity contribution in [2.75, 3.05) is 0 Å². The predicted molar refractivity (Wildman–Crippen MR) is 77.0 cm³/mol. The Hall–Kier alpha value is 0.200. The third-order valence-electron chi connectivity index (χ3n) is 3.60. The van der Waals surface area contributed by atoms with E-state index in [-0.39, 0.29) is 0 Å². The second-order valence-corrected chi connectivity index (χ2v) is 6.51. The summed E-state index contributed by atoms with van der Waals surface area (Å²) in [5.41, 5.74) is 0. The van der Waals surface area contributed by atoms with E-state index in [2.05, 4.69) is 44.1 Å². The highest BCUT2D eigenvalue weighted by atomic mass is 79.9. The first kappa shape index (κ1) is 13.6. The number of rotatable bonds is 3. The summed E-state index contributed by atoms with van der Waals surface area (Å²) in [5, 5.41) is 3.63. The third kappa shape index (κ3) is 3.83. The molecule has 0 amide bonds. The molecule has 1 aromatic heterocycles. The Morgan fingerprint density at radius 1 is 1.29 bits per heavy atom. The molecule has 2 rings (SSSR count). The zero-order valence-corrected chi connectivity index (χ0v) is 13.3. The van der Waals surface area contributed by atoms with Gasteiger partial charge in [0.2, 0.25) is 0 Å². The van der Waals surface area contributed by atoms with Crippen LogP contribution in [0.1, 0.15) is 44.8 Å². The molecular formula is C13H19Br2NO. The Balaban J connectivity index is 1.88. The molecule has 0 aromatic carbocycles. The topological polar surface area (TPSA) is 25.2 Å². The maximum absolute atomic E-state index is 5.58. The minimum Gasteiger partial charge on any atom is -0.452 e. The van der Waals surface area contributed by atoms with Gasteiger partial charge in [-0.25, -0.2) is 0 Å². The van der Waals surface area contributed by atoms with Crippen LogP contribution < -0.4 is 5.32 Å². The van der Waals surface area contributed by atoms with Crippen LogP contribution in [0.3, 0.4) is 0 Å². The summed E-state index contributed by atoms with van der Waals surface area (Å²) >= 11 is 6.80. The molecule has 1 aliphatic carbocycles. The Labute approximate surface area is 120 Å². The van der Waals surface area contributed by atoms with Gasteiger partial charge in [-0.05, 0) is 56.7 Å². The van der Waals surface area contributed by atoms with Crippen molar-refractivity contribution in [1.82, 2.24) is 5.32 Å². The van der Waals surface area contributed by atoms with Gasteiger partial charge in [0, 0.05) is 6.04 Å². The van der Waals surface area contributed by atoms with Gasteiger partial charge >= 0.3 is 0 Å². The normalized spacial score (nSPS) is 25.8. The Morgan fingerprint density at radius 3 is 2.76 bits per heavy atom. The average Bonchev–Trinajstić information content (AvgIpc) is 2.50. The largest absolute Gasteiger partial charge is 0.452 e. The Kier molecular flexibility index (Phi) is 5.12. The van der Waals surface area contributed by atoms with Gasteiger partial charge in [0.05, 0.1) is 11.0 Å². The third-order valence-corrected chi connectivity index (χ3v) is 5.31. The van der Waals surface area contributed by atoms with E-state index in [4.69, 9.17) is 4.42 Å². The van der Waals surface area contributed by atoms with Crippen LogP contribution in [-0.4, -0.2) is 6.04 Å². The maximum Gasteiger partial charge on any atom is 0.183 e. The van der Waals surface area contributed by atoms with E-state index in [9.17, 15) is 0 Å². The molecular weight excluding hydrogens is 346 g/mol. The molecule has 1 aliphatic rings. The van der Waals surface area contributed by atoms with Crippen molar-refractivity contribution in [2.45, 2.75) is 51.6 Å². The van der Waals surface area contributed by atoms with Crippen molar-refractivity contribution >= 4 is 31.9 Å². The molecule has 0 saturated heterocycles. The predicted octanol–water partition coefficient (Wildman–Crippen LogP) is 4.86. The number of hydrogen-bond acceptors (Lipinski definition) is 2. The lowest BCUT2D eigenvalue weighted by molar-refractivity contribution is 0.339. The molecule has 0 bridgehead atoms. The summed E-state index contributed by atoms with van der Waals surface area (Å²) in [7, 11) is 0. The van der Waals surface area contributed by atoms with Crippen LogP contribution in [0, 0.1) is 5.92 Å². The van der Waals surface area contributed by atoms with E-state index in [0.29, 0.717) is 6.04 Å². The van der Waals surface area contributed by atoms with Crippen molar-refractivity contribution in [1.29, 1.82) is 0 Å². The lowest BCUT2D eigenvalue weighted by Gasteiger charge is -2.22. The molecule has 1 saturated carbocycles. The second kappa shape index (κ2) is 6.39. The smallest absolute Gasteiger partial charge is 0.183 e. The highest BCUT2D eigenvalue weighted by molar-refractivity contribution is 9.13. The molecule has 0 aliphatic heterocycles. The average molecular weight is 365 g/mol. The van der Waals surface area contributed by atoms with E-state index in [0.717, 1.165) is 27.4 Å². The van der Waals surface area contributed by atoms with Crippen molar-refractivity contribution in [3.05, 3.63) is 21.0 Å². The molecule has 2 atom stereocenters. The van der Waals surface area contributed by atoms with Gasteiger partial charge in [-0.3, -0.25) is 0 Å². The van der Waals surface area contributed by atoms with Gasteiger partial charge < -0.3 is 9.73 Å². The minimum atomic E-state index is 0.639. The molecule has 1 fully saturated rings. The molecule has 1 aromatic rings. The van der Waals surface area contributed by atoms with Crippen LogP contribution in [-0.2, 0) is 6.54 Å². The van der Waals surface area contributed by atoms with E-state index in [1.165, 1.54) is 32.1 Å². The number of furan rings is 1. The van der Waals surface area contributed by atoms with Gasteiger partial charge in [0.15, 0.2) is 4.67 Å². The molecule has 4 heteroatoms. The summed E-state index contributed by atoms with van der Waals surface area (Å²) in [4.78, 5) is 0. The molecule has 2 unspecified atom stereocenters. The summed E-state index contributed by atoms with van der Waals surface area (Å²) in [6, 6.07) is 2.67. The fourth-order valence-electron chi connectivity index (χ4n) is 2.51. The summed E-state index contributed by atoms with van der Waals surface area (Å²) in [6.45, 7) is 3.18. The van der Waals surface area contributed by atoms with Crippen molar-refractivity contribution in [3.8, 4) is 0 Å². The second-order valence-electron chi connectivity index (χ2n) is 4.94. The fraction of sp³-hybridized carbons (Fsp3) is 0.692. The van der Waals surface area contributed by atoms with Crippen molar-refractivity contribution in [3.63, 3.8) is 0 Å². The van der Waals surface area contributed by atoms with E-state index in [1.807, 2.05) is 6.07 Å².